The van der Waals surface area contributed by atoms with Crippen LogP contribution in [0.5, 0.6) is 0 Å². The third-order valence-corrected chi connectivity index (χ3v) is 5.00. The molecule has 1 amide bonds. The zero-order valence-corrected chi connectivity index (χ0v) is 16.8. The van der Waals surface area contributed by atoms with Crippen molar-refractivity contribution < 1.29 is 9.32 Å². The van der Waals surface area contributed by atoms with E-state index in [2.05, 4.69) is 10.1 Å². The average Bonchev–Trinajstić information content (AvgIpc) is 3.22. The monoisotopic (exact) mass is 405 g/mol. The van der Waals surface area contributed by atoms with Crippen LogP contribution in [0.1, 0.15) is 22.5 Å². The Morgan fingerprint density at radius 1 is 1.07 bits per heavy atom. The van der Waals surface area contributed by atoms with Crippen LogP contribution in [0.4, 0.5) is 0 Å². The first-order valence-corrected chi connectivity index (χ1v) is 9.81. The number of benzene rings is 2. The van der Waals surface area contributed by atoms with Gasteiger partial charge in [0.1, 0.15) is 16.6 Å². The number of aromatic nitrogens is 2. The molecule has 0 bridgehead atoms. The van der Waals surface area contributed by atoms with Crippen molar-refractivity contribution in [2.45, 2.75) is 12.8 Å². The van der Waals surface area contributed by atoms with Crippen molar-refractivity contribution in [3.8, 4) is 11.3 Å². The maximum atomic E-state index is 12.9. The summed E-state index contributed by atoms with van der Waals surface area (Å²) in [4.78, 5) is 18.9. The first-order valence-electron chi connectivity index (χ1n) is 9.43. The third kappa shape index (κ3) is 4.30. The van der Waals surface area contributed by atoms with Gasteiger partial charge in [0.25, 0.3) is 5.91 Å². The number of amides is 1. The van der Waals surface area contributed by atoms with Crippen molar-refractivity contribution in [3.05, 3.63) is 83.2 Å². The molecule has 0 radical (unpaired) electrons. The third-order valence-electron chi connectivity index (χ3n) is 4.81. The lowest BCUT2D eigenvalue weighted by Gasteiger charge is -2.18. The van der Waals surface area contributed by atoms with Gasteiger partial charge in [0.15, 0.2) is 0 Å². The van der Waals surface area contributed by atoms with Gasteiger partial charge in [-0.3, -0.25) is 4.79 Å². The molecule has 0 saturated heterocycles. The molecule has 29 heavy (non-hydrogen) atoms. The summed E-state index contributed by atoms with van der Waals surface area (Å²) in [6.07, 6.45) is 1.47. The number of carbonyl (C=O) groups excluding carboxylic acids is 1. The molecular formula is C23H20ClN3O2. The molecule has 5 nitrogen and oxygen atoms in total. The highest BCUT2D eigenvalue weighted by atomic mass is 35.5. The van der Waals surface area contributed by atoms with E-state index in [1.54, 1.807) is 18.0 Å². The molecule has 0 aliphatic rings. The minimum absolute atomic E-state index is 0.0759. The largest absolute Gasteiger partial charge is 0.361 e. The summed E-state index contributed by atoms with van der Waals surface area (Å²) in [5.74, 6) is 0.732. The molecule has 0 aliphatic heterocycles. The lowest BCUT2D eigenvalue weighted by atomic mass is 10.1. The minimum atomic E-state index is -0.0759. The van der Waals surface area contributed by atoms with Crippen LogP contribution in [-0.2, 0) is 6.42 Å². The van der Waals surface area contributed by atoms with E-state index in [0.29, 0.717) is 29.2 Å². The summed E-state index contributed by atoms with van der Waals surface area (Å²) in [5.41, 5.74) is 3.13. The van der Waals surface area contributed by atoms with Crippen LogP contribution in [0.3, 0.4) is 0 Å². The average molecular weight is 406 g/mol. The van der Waals surface area contributed by atoms with E-state index >= 15 is 0 Å². The quantitative estimate of drug-likeness (QED) is 0.411. The summed E-state index contributed by atoms with van der Waals surface area (Å²) in [5, 5.41) is 5.25. The van der Waals surface area contributed by atoms with E-state index in [-0.39, 0.29) is 5.91 Å². The van der Waals surface area contributed by atoms with Crippen molar-refractivity contribution in [1.82, 2.24) is 15.0 Å². The zero-order chi connectivity index (χ0) is 20.2. The Morgan fingerprint density at radius 3 is 2.66 bits per heavy atom. The van der Waals surface area contributed by atoms with Crippen molar-refractivity contribution in [3.63, 3.8) is 0 Å². The van der Waals surface area contributed by atoms with E-state index in [0.717, 1.165) is 28.8 Å². The van der Waals surface area contributed by atoms with Crippen molar-refractivity contribution >= 4 is 28.4 Å². The Bertz CT molecular complexity index is 1140. The maximum Gasteiger partial charge on any atom is 0.254 e. The van der Waals surface area contributed by atoms with Crippen LogP contribution >= 0.6 is 11.6 Å². The van der Waals surface area contributed by atoms with Gasteiger partial charge in [-0.2, -0.15) is 0 Å². The Balaban J connectivity index is 1.40. The van der Waals surface area contributed by atoms with Gasteiger partial charge in [-0.1, -0.05) is 65.3 Å². The van der Waals surface area contributed by atoms with E-state index in [9.17, 15) is 4.79 Å². The Labute approximate surface area is 173 Å². The zero-order valence-electron chi connectivity index (χ0n) is 16.0. The molecule has 0 N–H and O–H groups in total. The number of carbonyl (C=O) groups is 1. The van der Waals surface area contributed by atoms with Crippen molar-refractivity contribution in [2.24, 2.45) is 0 Å². The molecule has 6 heteroatoms. The fourth-order valence-electron chi connectivity index (χ4n) is 3.29. The van der Waals surface area contributed by atoms with E-state index in [1.165, 1.54) is 0 Å². The SMILES string of the molecule is CN(CCCc1cc(-c2ccccc2)no1)C(=O)c1cc(Cl)nc2ccccc12. The fraction of sp³-hybridized carbons (Fsp3) is 0.174. The number of nitrogens with zero attached hydrogens (tertiary/aromatic N) is 3. The second-order valence-corrected chi connectivity index (χ2v) is 7.27. The van der Waals surface area contributed by atoms with Gasteiger partial charge < -0.3 is 9.42 Å². The summed E-state index contributed by atoms with van der Waals surface area (Å²) < 4.78 is 5.44. The van der Waals surface area contributed by atoms with Crippen molar-refractivity contribution in [2.75, 3.05) is 13.6 Å². The van der Waals surface area contributed by atoms with E-state index in [1.807, 2.05) is 60.7 Å². The lowest BCUT2D eigenvalue weighted by Crippen LogP contribution is -2.28. The molecule has 0 saturated carbocycles. The van der Waals surface area contributed by atoms with Crippen LogP contribution in [0, 0.1) is 0 Å². The maximum absolute atomic E-state index is 12.9. The summed E-state index contributed by atoms with van der Waals surface area (Å²) in [6, 6.07) is 21.0. The van der Waals surface area contributed by atoms with Crippen LogP contribution in [-0.4, -0.2) is 34.5 Å². The molecule has 2 aromatic carbocycles. The molecule has 4 rings (SSSR count). The Morgan fingerprint density at radius 2 is 1.83 bits per heavy atom. The molecule has 2 aromatic heterocycles. The molecule has 4 aromatic rings. The number of rotatable bonds is 6. The molecule has 0 atom stereocenters. The topological polar surface area (TPSA) is 59.2 Å². The second-order valence-electron chi connectivity index (χ2n) is 6.88. The van der Waals surface area contributed by atoms with E-state index in [4.69, 9.17) is 16.1 Å². The van der Waals surface area contributed by atoms with Crippen LogP contribution in [0.15, 0.2) is 71.3 Å². The molecule has 146 valence electrons. The number of hydrogen-bond acceptors (Lipinski definition) is 4. The predicted molar refractivity (Wildman–Crippen MR) is 114 cm³/mol. The normalized spacial score (nSPS) is 11.0. The highest BCUT2D eigenvalue weighted by Crippen LogP contribution is 2.22. The summed E-state index contributed by atoms with van der Waals surface area (Å²) >= 11 is 6.11. The Hall–Kier alpha value is -3.18. The van der Waals surface area contributed by atoms with E-state index < -0.39 is 0 Å². The van der Waals surface area contributed by atoms with Gasteiger partial charge in [0.05, 0.1) is 11.1 Å². The molecule has 2 heterocycles. The molecule has 0 spiro atoms. The Kier molecular flexibility index (Phi) is 5.58. The highest BCUT2D eigenvalue weighted by molar-refractivity contribution is 6.30. The minimum Gasteiger partial charge on any atom is -0.361 e. The van der Waals surface area contributed by atoms with Gasteiger partial charge in [-0.25, -0.2) is 4.98 Å². The van der Waals surface area contributed by atoms with Gasteiger partial charge in [-0.05, 0) is 18.6 Å². The van der Waals surface area contributed by atoms with Gasteiger partial charge >= 0.3 is 0 Å². The van der Waals surface area contributed by atoms with Gasteiger partial charge in [0, 0.05) is 37.0 Å². The van der Waals surface area contributed by atoms with Crippen LogP contribution in [0.25, 0.3) is 22.2 Å². The summed E-state index contributed by atoms with van der Waals surface area (Å²) in [7, 11) is 1.79. The van der Waals surface area contributed by atoms with Gasteiger partial charge in [0.2, 0.25) is 0 Å². The number of hydrogen-bond donors (Lipinski definition) is 0. The van der Waals surface area contributed by atoms with Crippen LogP contribution < -0.4 is 0 Å². The second kappa shape index (κ2) is 8.45. The molecule has 0 unspecified atom stereocenters. The van der Waals surface area contributed by atoms with Crippen molar-refractivity contribution in [1.29, 1.82) is 0 Å². The number of halogens is 1. The van der Waals surface area contributed by atoms with Crippen LogP contribution in [0.2, 0.25) is 5.15 Å². The smallest absolute Gasteiger partial charge is 0.254 e. The standard InChI is InChI=1S/C23H20ClN3O2/c1-27(23(28)19-15-22(24)25-20-12-6-5-11-18(19)20)13-7-10-17-14-21(26-29-17)16-8-3-2-4-9-16/h2-6,8-9,11-12,14-15H,7,10,13H2,1H3. The molecular weight excluding hydrogens is 386 g/mol. The highest BCUT2D eigenvalue weighted by Gasteiger charge is 2.16. The fourth-order valence-corrected chi connectivity index (χ4v) is 3.49. The lowest BCUT2D eigenvalue weighted by molar-refractivity contribution is 0.0794. The molecule has 0 aliphatic carbocycles. The van der Waals surface area contributed by atoms with Gasteiger partial charge in [-0.15, -0.1) is 0 Å². The number of aryl methyl sites for hydroxylation is 1. The number of fused-ring (bicyclic) bond motifs is 1. The number of para-hydroxylation sites is 1. The first-order chi connectivity index (χ1) is 14.1. The summed E-state index contributed by atoms with van der Waals surface area (Å²) in [6.45, 7) is 0.592. The predicted octanol–water partition coefficient (Wildman–Crippen LogP) is 5.25. The molecule has 0 fully saturated rings. The first kappa shape index (κ1) is 19.2. The number of pyridine rings is 1.